The zero-order valence-corrected chi connectivity index (χ0v) is 42.5. The topological polar surface area (TPSA) is 8.17 Å². The molecule has 356 valence electrons. The summed E-state index contributed by atoms with van der Waals surface area (Å²) >= 11 is 1.89. The number of para-hydroxylation sites is 3. The third kappa shape index (κ3) is 5.15. The lowest BCUT2D eigenvalue weighted by atomic mass is 9.65. The molecule has 3 aliphatic carbocycles. The Morgan fingerprint density at radius 2 is 0.740 bits per heavy atom. The molecule has 0 saturated heterocycles. The van der Waals surface area contributed by atoms with Gasteiger partial charge in [0, 0.05) is 48.0 Å². The van der Waals surface area contributed by atoms with E-state index in [9.17, 15) is 0 Å². The average molecular weight is 993 g/mol. The van der Waals surface area contributed by atoms with Gasteiger partial charge in [0.05, 0.1) is 27.6 Å². The minimum atomic E-state index is -0.595. The lowest BCUT2D eigenvalue weighted by Gasteiger charge is -2.40. The van der Waals surface area contributed by atoms with Crippen LogP contribution in [0.2, 0.25) is 0 Å². The van der Waals surface area contributed by atoms with Crippen molar-refractivity contribution in [2.24, 2.45) is 0 Å². The average Bonchev–Trinajstić information content (AvgIpc) is 4.12. The number of benzene rings is 12. The van der Waals surface area contributed by atoms with Crippen molar-refractivity contribution >= 4 is 70.4 Å². The summed E-state index contributed by atoms with van der Waals surface area (Å²) in [5.74, 6) is 0. The molecular weight excluding hydrogens is 949 g/mol. The Balaban J connectivity index is 0.904. The Morgan fingerprint density at radius 3 is 1.38 bits per heavy atom. The van der Waals surface area contributed by atoms with Gasteiger partial charge in [-0.2, -0.15) is 0 Å². The molecule has 0 saturated carbocycles. The van der Waals surface area contributed by atoms with Crippen LogP contribution in [0, 0.1) is 0 Å². The van der Waals surface area contributed by atoms with Crippen LogP contribution in [-0.4, -0.2) is 4.57 Å². The van der Waals surface area contributed by atoms with Gasteiger partial charge in [0.15, 0.2) is 0 Å². The van der Waals surface area contributed by atoms with E-state index in [1.54, 1.807) is 0 Å². The second-order valence-corrected chi connectivity index (χ2v) is 22.4. The molecule has 2 nitrogen and oxygen atoms in total. The largest absolute Gasteiger partial charge is 0.310 e. The number of thiophene rings is 1. The molecule has 1 aliphatic heterocycles. The van der Waals surface area contributed by atoms with E-state index in [4.69, 9.17) is 0 Å². The van der Waals surface area contributed by atoms with E-state index >= 15 is 0 Å². The Bertz CT molecular complexity index is 4830. The first-order chi connectivity index (χ1) is 38.2. The first-order valence-electron chi connectivity index (χ1n) is 26.8. The first kappa shape index (κ1) is 41.8. The van der Waals surface area contributed by atoms with Crippen molar-refractivity contribution in [1.29, 1.82) is 0 Å². The summed E-state index contributed by atoms with van der Waals surface area (Å²) in [4.78, 5) is 2.54. The predicted octanol–water partition coefficient (Wildman–Crippen LogP) is 19.3. The van der Waals surface area contributed by atoms with Crippen LogP contribution in [-0.2, 0) is 10.8 Å². The second-order valence-electron chi connectivity index (χ2n) is 21.4. The zero-order valence-electron chi connectivity index (χ0n) is 41.7. The number of fused-ring (bicyclic) bond motifs is 25. The molecule has 2 aromatic heterocycles. The number of nitrogens with zero attached hydrogens (tertiary/aromatic N) is 2. The maximum atomic E-state index is 2.55. The molecule has 0 radical (unpaired) electrons. The van der Waals surface area contributed by atoms with Crippen LogP contribution in [0.15, 0.2) is 267 Å². The second kappa shape index (κ2) is 15.1. The van der Waals surface area contributed by atoms with Gasteiger partial charge in [-0.25, -0.2) is 0 Å². The number of hydrogen-bond donors (Lipinski definition) is 0. The lowest BCUT2D eigenvalue weighted by molar-refractivity contribution is 0.748. The highest BCUT2D eigenvalue weighted by atomic mass is 32.1. The van der Waals surface area contributed by atoms with E-state index in [-0.39, 0.29) is 0 Å². The molecule has 77 heavy (non-hydrogen) atoms. The minimum Gasteiger partial charge on any atom is -0.310 e. The van der Waals surface area contributed by atoms with E-state index in [1.165, 1.54) is 137 Å². The third-order valence-corrected chi connectivity index (χ3v) is 19.2. The lowest BCUT2D eigenvalue weighted by Crippen LogP contribution is -2.33. The van der Waals surface area contributed by atoms with Crippen molar-refractivity contribution in [2.45, 2.75) is 10.8 Å². The van der Waals surface area contributed by atoms with Gasteiger partial charge in [0.1, 0.15) is 0 Å². The molecule has 0 fully saturated rings. The summed E-state index contributed by atoms with van der Waals surface area (Å²) in [5.41, 5.74) is 26.8. The van der Waals surface area contributed by atoms with Crippen molar-refractivity contribution < 1.29 is 0 Å². The summed E-state index contributed by atoms with van der Waals surface area (Å²) in [6.07, 6.45) is 0. The molecule has 12 aromatic carbocycles. The highest BCUT2D eigenvalue weighted by molar-refractivity contribution is 7.26. The molecule has 0 bridgehead atoms. The number of hydrogen-bond acceptors (Lipinski definition) is 2. The molecule has 3 heteroatoms. The quantitative estimate of drug-likeness (QED) is 0.171. The number of aromatic nitrogens is 1. The van der Waals surface area contributed by atoms with Gasteiger partial charge in [0.2, 0.25) is 0 Å². The van der Waals surface area contributed by atoms with Crippen LogP contribution >= 0.6 is 11.3 Å². The molecule has 0 N–H and O–H groups in total. The Kier molecular flexibility index (Phi) is 8.18. The highest BCUT2D eigenvalue weighted by Crippen LogP contribution is 2.65. The highest BCUT2D eigenvalue weighted by Gasteiger charge is 2.53. The molecule has 4 aliphatic rings. The maximum Gasteiger partial charge on any atom is 0.0755 e. The predicted molar refractivity (Wildman–Crippen MR) is 321 cm³/mol. The summed E-state index contributed by atoms with van der Waals surface area (Å²) < 4.78 is 5.18. The van der Waals surface area contributed by atoms with Gasteiger partial charge < -0.3 is 9.47 Å². The SMILES string of the molecule is c1ccc2c(c1)-c1ccccc1C21c2ccccc2-c2ccc(N(c3ccc(-c4cccc5c4sc4ccccc45)cc3)c3ccc4c(c3)C3(c5ccccc5-4)c4ccccc4-n4c5ccccc5c5cccc3c54)cc21. The molecule has 0 amide bonds. The molecule has 1 unspecified atom stereocenters. The van der Waals surface area contributed by atoms with Gasteiger partial charge in [-0.1, -0.05) is 212 Å². The molecule has 18 rings (SSSR count). The van der Waals surface area contributed by atoms with Crippen LogP contribution in [0.25, 0.3) is 92.2 Å². The smallest absolute Gasteiger partial charge is 0.0755 e. The van der Waals surface area contributed by atoms with Gasteiger partial charge in [-0.3, -0.25) is 0 Å². The zero-order chi connectivity index (χ0) is 50.1. The van der Waals surface area contributed by atoms with E-state index in [0.29, 0.717) is 0 Å². The molecule has 1 atom stereocenters. The molecule has 2 spiro atoms. The van der Waals surface area contributed by atoms with Crippen molar-refractivity contribution in [3.05, 3.63) is 311 Å². The van der Waals surface area contributed by atoms with E-state index in [1.807, 2.05) is 11.3 Å². The van der Waals surface area contributed by atoms with Crippen LogP contribution in [0.5, 0.6) is 0 Å². The number of anilines is 3. The molecular formula is C74H44N2S. The van der Waals surface area contributed by atoms with Gasteiger partial charge in [0.25, 0.3) is 0 Å². The van der Waals surface area contributed by atoms with Crippen molar-refractivity contribution in [3.63, 3.8) is 0 Å². The van der Waals surface area contributed by atoms with Crippen LogP contribution in [0.4, 0.5) is 17.1 Å². The first-order valence-corrected chi connectivity index (χ1v) is 27.6. The van der Waals surface area contributed by atoms with Gasteiger partial charge in [-0.05, 0) is 144 Å². The Labute approximate surface area is 449 Å². The minimum absolute atomic E-state index is 0.486. The van der Waals surface area contributed by atoms with E-state index < -0.39 is 10.8 Å². The summed E-state index contributed by atoms with van der Waals surface area (Å²) in [6.45, 7) is 0. The summed E-state index contributed by atoms with van der Waals surface area (Å²) in [5, 5.41) is 5.19. The van der Waals surface area contributed by atoms with E-state index in [0.717, 1.165) is 17.1 Å². The monoisotopic (exact) mass is 992 g/mol. The van der Waals surface area contributed by atoms with Crippen molar-refractivity contribution in [3.8, 4) is 50.2 Å². The van der Waals surface area contributed by atoms with Crippen LogP contribution < -0.4 is 4.90 Å². The number of rotatable bonds is 4. The Morgan fingerprint density at radius 1 is 0.299 bits per heavy atom. The summed E-state index contributed by atoms with van der Waals surface area (Å²) in [6, 6.07) is 101. The van der Waals surface area contributed by atoms with Crippen molar-refractivity contribution in [1.82, 2.24) is 4.57 Å². The maximum absolute atomic E-state index is 2.55. The normalized spacial score (nSPS) is 15.4. The fourth-order valence-electron chi connectivity index (χ4n) is 15.1. The summed E-state index contributed by atoms with van der Waals surface area (Å²) in [7, 11) is 0. The van der Waals surface area contributed by atoms with Crippen molar-refractivity contribution in [2.75, 3.05) is 4.90 Å². The fourth-order valence-corrected chi connectivity index (χ4v) is 16.4. The standard InChI is InChI=1S/C74H44N2S/c1-7-26-60-50(17-1)51-18-2-8-27-61(51)73(60)62-28-9-3-19-52(62)54-41-39-47(43-66(54)73)75(46-37-35-45(36-38-46)49-23-15-25-59-57-22-6-14-34-70(57)77-72(49)59)48-40-42-55-53-20-4-10-29-63(53)74(67(55)44-48)64-30-11-13-33-69(64)76-68-32-12-5-21-56(68)58-24-16-31-65(74)71(58)76/h1-44H. The van der Waals surface area contributed by atoms with E-state index in [2.05, 4.69) is 276 Å². The van der Waals surface area contributed by atoms with Crippen LogP contribution in [0.1, 0.15) is 44.5 Å². The molecule has 3 heterocycles. The van der Waals surface area contributed by atoms with Crippen LogP contribution in [0.3, 0.4) is 0 Å². The van der Waals surface area contributed by atoms with Gasteiger partial charge >= 0.3 is 0 Å². The molecule has 14 aromatic rings. The third-order valence-electron chi connectivity index (χ3n) is 18.0. The fraction of sp³-hybridized carbons (Fsp3) is 0.0270. The van der Waals surface area contributed by atoms with Gasteiger partial charge in [-0.15, -0.1) is 11.3 Å². The Hall–Kier alpha value is -9.54.